The Kier molecular flexibility index (Phi) is 4.49. The Hall–Kier alpha value is -1.27. The average molecular weight is 332 g/mol. The molecule has 0 radical (unpaired) electrons. The molecule has 1 aromatic carbocycles. The van der Waals surface area contributed by atoms with Crippen LogP contribution in [-0.4, -0.2) is 38.9 Å². The number of rotatable bonds is 5. The highest BCUT2D eigenvalue weighted by molar-refractivity contribution is 8.13. The van der Waals surface area contributed by atoms with E-state index in [2.05, 4.69) is 0 Å². The fourth-order valence-electron chi connectivity index (χ4n) is 2.29. The molecular formula is C14H18ClNO4S. The molecule has 0 aliphatic heterocycles. The molecule has 1 fully saturated rings. The van der Waals surface area contributed by atoms with Crippen molar-refractivity contribution in [2.24, 2.45) is 0 Å². The van der Waals surface area contributed by atoms with Gasteiger partial charge in [0.05, 0.1) is 4.90 Å². The van der Waals surface area contributed by atoms with Crippen molar-refractivity contribution in [1.29, 1.82) is 0 Å². The molecule has 21 heavy (non-hydrogen) atoms. The van der Waals surface area contributed by atoms with Gasteiger partial charge in [0.25, 0.3) is 15.0 Å². The summed E-state index contributed by atoms with van der Waals surface area (Å²) in [7, 11) is 3.38. The van der Waals surface area contributed by atoms with Gasteiger partial charge in [0, 0.05) is 23.8 Å². The molecule has 1 aromatic rings. The zero-order valence-electron chi connectivity index (χ0n) is 12.2. The minimum absolute atomic E-state index is 0.0567. The van der Waals surface area contributed by atoms with E-state index in [1.807, 2.05) is 0 Å². The Morgan fingerprint density at radius 2 is 1.86 bits per heavy atom. The lowest BCUT2D eigenvalue weighted by Gasteiger charge is -2.17. The standard InChI is InChI=1S/C14H18ClNO4S/c1-9-6-12(7-10(2)14(9)21(15,18)19)20-8-13(17)16(3)11-4-5-11/h6-7,11H,4-5,8H2,1-3H3. The van der Waals surface area contributed by atoms with Gasteiger partial charge in [0.1, 0.15) is 5.75 Å². The van der Waals surface area contributed by atoms with Gasteiger partial charge in [-0.1, -0.05) is 0 Å². The number of ether oxygens (including phenoxy) is 1. The molecule has 5 nitrogen and oxygen atoms in total. The third-order valence-electron chi connectivity index (χ3n) is 3.53. The Bertz CT molecular complexity index is 645. The van der Waals surface area contributed by atoms with Crippen molar-refractivity contribution in [1.82, 2.24) is 4.90 Å². The Balaban J connectivity index is 2.10. The summed E-state index contributed by atoms with van der Waals surface area (Å²) in [5.41, 5.74) is 1.01. The topological polar surface area (TPSA) is 63.7 Å². The third kappa shape index (κ3) is 3.89. The Labute approximate surface area is 129 Å². The first kappa shape index (κ1) is 16.1. The number of benzene rings is 1. The number of carbonyl (C=O) groups is 1. The normalized spacial score (nSPS) is 14.9. The first-order valence-electron chi connectivity index (χ1n) is 6.64. The molecule has 0 unspecified atom stereocenters. The van der Waals surface area contributed by atoms with Crippen LogP contribution in [0.5, 0.6) is 5.75 Å². The van der Waals surface area contributed by atoms with Crippen LogP contribution in [0.4, 0.5) is 0 Å². The van der Waals surface area contributed by atoms with E-state index >= 15 is 0 Å². The maximum absolute atomic E-state index is 11.9. The van der Waals surface area contributed by atoms with Gasteiger partial charge in [-0.25, -0.2) is 8.42 Å². The van der Waals surface area contributed by atoms with Crippen molar-refractivity contribution >= 4 is 25.6 Å². The van der Waals surface area contributed by atoms with E-state index in [0.717, 1.165) is 12.8 Å². The summed E-state index contributed by atoms with van der Waals surface area (Å²) in [6, 6.07) is 3.49. The molecule has 0 spiro atoms. The highest BCUT2D eigenvalue weighted by atomic mass is 35.7. The van der Waals surface area contributed by atoms with Crippen LogP contribution < -0.4 is 4.74 Å². The quantitative estimate of drug-likeness (QED) is 0.776. The highest BCUT2D eigenvalue weighted by Crippen LogP contribution is 2.29. The summed E-state index contributed by atoms with van der Waals surface area (Å²) < 4.78 is 28.4. The number of hydrogen-bond donors (Lipinski definition) is 0. The minimum atomic E-state index is -3.79. The summed E-state index contributed by atoms with van der Waals surface area (Å²) >= 11 is 0. The van der Waals surface area contributed by atoms with E-state index in [-0.39, 0.29) is 17.4 Å². The number of halogens is 1. The molecular weight excluding hydrogens is 314 g/mol. The number of aryl methyl sites for hydroxylation is 2. The van der Waals surface area contributed by atoms with Crippen molar-refractivity contribution in [3.8, 4) is 5.75 Å². The fourth-order valence-corrected chi connectivity index (χ4v) is 3.91. The molecule has 0 aromatic heterocycles. The second-order valence-corrected chi connectivity index (χ2v) is 7.85. The number of hydrogen-bond acceptors (Lipinski definition) is 4. The maximum atomic E-state index is 11.9. The van der Waals surface area contributed by atoms with Crippen molar-refractivity contribution in [2.45, 2.75) is 37.6 Å². The van der Waals surface area contributed by atoms with Crippen LogP contribution in [0.25, 0.3) is 0 Å². The van der Waals surface area contributed by atoms with Gasteiger partial charge < -0.3 is 9.64 Å². The van der Waals surface area contributed by atoms with E-state index < -0.39 is 9.05 Å². The van der Waals surface area contributed by atoms with Crippen LogP contribution >= 0.6 is 10.7 Å². The van der Waals surface area contributed by atoms with Gasteiger partial charge in [-0.05, 0) is 49.9 Å². The van der Waals surface area contributed by atoms with Gasteiger partial charge in [-0.15, -0.1) is 0 Å². The molecule has 1 amide bonds. The molecule has 0 N–H and O–H groups in total. The Morgan fingerprint density at radius 3 is 2.29 bits per heavy atom. The van der Waals surface area contributed by atoms with E-state index in [1.165, 1.54) is 0 Å². The van der Waals surface area contributed by atoms with E-state index in [4.69, 9.17) is 15.4 Å². The van der Waals surface area contributed by atoms with Crippen molar-refractivity contribution in [3.63, 3.8) is 0 Å². The first-order valence-corrected chi connectivity index (χ1v) is 8.95. The monoisotopic (exact) mass is 331 g/mol. The SMILES string of the molecule is Cc1cc(OCC(=O)N(C)C2CC2)cc(C)c1S(=O)(=O)Cl. The predicted octanol–water partition coefficient (Wildman–Crippen LogP) is 2.23. The van der Waals surface area contributed by atoms with Gasteiger partial charge in [-0.3, -0.25) is 4.79 Å². The number of amides is 1. The van der Waals surface area contributed by atoms with E-state index in [1.54, 1.807) is 37.9 Å². The van der Waals surface area contributed by atoms with Crippen LogP contribution in [0.3, 0.4) is 0 Å². The number of nitrogens with zero attached hydrogens (tertiary/aromatic N) is 1. The number of carbonyl (C=O) groups excluding carboxylic acids is 1. The molecule has 1 aliphatic carbocycles. The van der Waals surface area contributed by atoms with Crippen molar-refractivity contribution in [3.05, 3.63) is 23.3 Å². The van der Waals surface area contributed by atoms with Crippen LogP contribution in [0.15, 0.2) is 17.0 Å². The van der Waals surface area contributed by atoms with Crippen LogP contribution in [0, 0.1) is 13.8 Å². The average Bonchev–Trinajstić information content (AvgIpc) is 3.16. The van der Waals surface area contributed by atoms with Gasteiger partial charge in [-0.2, -0.15) is 0 Å². The van der Waals surface area contributed by atoms with Gasteiger partial charge >= 0.3 is 0 Å². The lowest BCUT2D eigenvalue weighted by molar-refractivity contribution is -0.132. The second kappa shape index (κ2) is 5.85. The van der Waals surface area contributed by atoms with Crippen molar-refractivity contribution < 1.29 is 17.9 Å². The first-order chi connectivity index (χ1) is 9.70. The molecule has 2 rings (SSSR count). The van der Waals surface area contributed by atoms with E-state index in [9.17, 15) is 13.2 Å². The van der Waals surface area contributed by atoms with Gasteiger partial charge in [0.15, 0.2) is 6.61 Å². The summed E-state index contributed by atoms with van der Waals surface area (Å²) in [6.07, 6.45) is 2.09. The smallest absolute Gasteiger partial charge is 0.261 e. The summed E-state index contributed by atoms with van der Waals surface area (Å²) in [4.78, 5) is 13.7. The maximum Gasteiger partial charge on any atom is 0.261 e. The lowest BCUT2D eigenvalue weighted by atomic mass is 10.1. The summed E-state index contributed by atoms with van der Waals surface area (Å²) in [5.74, 6) is 0.383. The molecule has 7 heteroatoms. The molecule has 0 atom stereocenters. The summed E-state index contributed by atoms with van der Waals surface area (Å²) in [6.45, 7) is 3.24. The molecule has 1 aliphatic rings. The van der Waals surface area contributed by atoms with Gasteiger partial charge in [0.2, 0.25) is 0 Å². The van der Waals surface area contributed by atoms with E-state index in [0.29, 0.717) is 22.9 Å². The zero-order valence-corrected chi connectivity index (χ0v) is 13.8. The zero-order chi connectivity index (χ0) is 15.8. The molecule has 0 bridgehead atoms. The van der Waals surface area contributed by atoms with Crippen LogP contribution in [0.1, 0.15) is 24.0 Å². The Morgan fingerprint density at radius 1 is 1.33 bits per heavy atom. The van der Waals surface area contributed by atoms with Crippen molar-refractivity contribution in [2.75, 3.05) is 13.7 Å². The van der Waals surface area contributed by atoms with Crippen LogP contribution in [0.2, 0.25) is 0 Å². The molecule has 1 saturated carbocycles. The molecule has 0 heterocycles. The highest BCUT2D eigenvalue weighted by Gasteiger charge is 2.29. The fraction of sp³-hybridized carbons (Fsp3) is 0.500. The predicted molar refractivity (Wildman–Crippen MR) is 80.2 cm³/mol. The minimum Gasteiger partial charge on any atom is -0.484 e. The third-order valence-corrected chi connectivity index (χ3v) is 5.12. The number of likely N-dealkylation sites (N-methyl/N-ethyl adjacent to an activating group) is 1. The summed E-state index contributed by atoms with van der Waals surface area (Å²) in [5, 5.41) is 0. The largest absolute Gasteiger partial charge is 0.484 e. The van der Waals surface area contributed by atoms with Crippen LogP contribution in [-0.2, 0) is 13.8 Å². The molecule has 116 valence electrons. The second-order valence-electron chi connectivity index (χ2n) is 5.35. The molecule has 0 saturated heterocycles. The lowest BCUT2D eigenvalue weighted by Crippen LogP contribution is -2.33.